The summed E-state index contributed by atoms with van der Waals surface area (Å²) in [6, 6.07) is 15.1. The van der Waals surface area contributed by atoms with Gasteiger partial charge in [0.2, 0.25) is 15.9 Å². The van der Waals surface area contributed by atoms with Crippen molar-refractivity contribution >= 4 is 38.5 Å². The van der Waals surface area contributed by atoms with Crippen LogP contribution in [0, 0.1) is 3.57 Å². The molecule has 0 fully saturated rings. The van der Waals surface area contributed by atoms with Crippen LogP contribution in [-0.2, 0) is 21.2 Å². The van der Waals surface area contributed by atoms with Gasteiger partial charge in [-0.2, -0.15) is 4.72 Å². The molecule has 0 radical (unpaired) electrons. The van der Waals surface area contributed by atoms with Crippen molar-refractivity contribution in [2.75, 3.05) is 6.54 Å². The summed E-state index contributed by atoms with van der Waals surface area (Å²) >= 11 is 2.12. The molecule has 0 aliphatic carbocycles. The summed E-state index contributed by atoms with van der Waals surface area (Å²) < 4.78 is 29.0. The van der Waals surface area contributed by atoms with Crippen molar-refractivity contribution in [3.63, 3.8) is 0 Å². The first kappa shape index (κ1) is 21.8. The van der Waals surface area contributed by atoms with E-state index in [1.807, 2.05) is 30.3 Å². The van der Waals surface area contributed by atoms with Crippen LogP contribution in [0.5, 0.6) is 0 Å². The molecule has 0 spiro atoms. The van der Waals surface area contributed by atoms with Gasteiger partial charge in [-0.3, -0.25) is 4.79 Å². The molecule has 5 nitrogen and oxygen atoms in total. The molecule has 0 aliphatic rings. The first-order valence-electron chi connectivity index (χ1n) is 9.02. The van der Waals surface area contributed by atoms with Gasteiger partial charge in [0.25, 0.3) is 0 Å². The highest BCUT2D eigenvalue weighted by molar-refractivity contribution is 14.1. The number of amides is 1. The molecular formula is C20H25IN2O3S. The summed E-state index contributed by atoms with van der Waals surface area (Å²) in [5, 5.41) is 2.85. The maximum atomic E-state index is 12.7. The number of unbranched alkanes of at least 4 members (excludes halogenated alkanes) is 2. The smallest absolute Gasteiger partial charge is 0.241 e. The highest BCUT2D eigenvalue weighted by atomic mass is 127. The zero-order valence-electron chi connectivity index (χ0n) is 15.3. The fraction of sp³-hybridized carbons (Fsp3) is 0.350. The number of carbonyl (C=O) groups is 1. The van der Waals surface area contributed by atoms with E-state index in [9.17, 15) is 13.2 Å². The molecule has 2 N–H and O–H groups in total. The van der Waals surface area contributed by atoms with Crippen LogP contribution in [0.25, 0.3) is 0 Å². The van der Waals surface area contributed by atoms with Crippen molar-refractivity contribution in [3.05, 3.63) is 63.7 Å². The molecule has 0 aromatic heterocycles. The van der Waals surface area contributed by atoms with Gasteiger partial charge in [-0.25, -0.2) is 8.42 Å². The van der Waals surface area contributed by atoms with E-state index >= 15 is 0 Å². The van der Waals surface area contributed by atoms with E-state index in [2.05, 4.69) is 39.6 Å². The minimum Gasteiger partial charge on any atom is -0.355 e. The van der Waals surface area contributed by atoms with Crippen LogP contribution in [0.2, 0.25) is 0 Å². The Bertz CT molecular complexity index is 824. The Kier molecular flexibility index (Phi) is 8.72. The van der Waals surface area contributed by atoms with Crippen molar-refractivity contribution in [2.24, 2.45) is 0 Å². The van der Waals surface area contributed by atoms with Gasteiger partial charge in [0.1, 0.15) is 6.04 Å². The SMILES string of the molecule is CCCCCNC(=O)[C@@H](Cc1ccccc1)NS(=O)(=O)c1ccc(I)cc1. The second-order valence-corrected chi connectivity index (χ2v) is 9.28. The maximum absolute atomic E-state index is 12.7. The van der Waals surface area contributed by atoms with Gasteiger partial charge in [0, 0.05) is 10.1 Å². The minimum atomic E-state index is -3.79. The summed E-state index contributed by atoms with van der Waals surface area (Å²) in [6.45, 7) is 2.64. The number of sulfonamides is 1. The number of nitrogens with one attached hydrogen (secondary N) is 2. The van der Waals surface area contributed by atoms with Gasteiger partial charge < -0.3 is 5.32 Å². The quantitative estimate of drug-likeness (QED) is 0.388. The highest BCUT2D eigenvalue weighted by Gasteiger charge is 2.25. The van der Waals surface area contributed by atoms with Gasteiger partial charge in [-0.1, -0.05) is 50.1 Å². The average molecular weight is 500 g/mol. The number of carbonyl (C=O) groups excluding carboxylic acids is 1. The Morgan fingerprint density at radius 1 is 1.04 bits per heavy atom. The third-order valence-electron chi connectivity index (χ3n) is 4.10. The Hall–Kier alpha value is -1.45. The largest absolute Gasteiger partial charge is 0.355 e. The maximum Gasteiger partial charge on any atom is 0.241 e. The molecule has 146 valence electrons. The van der Waals surface area contributed by atoms with E-state index in [1.165, 1.54) is 0 Å². The molecule has 0 aliphatic heterocycles. The Balaban J connectivity index is 2.15. The minimum absolute atomic E-state index is 0.153. The zero-order valence-corrected chi connectivity index (χ0v) is 18.3. The Morgan fingerprint density at radius 2 is 1.70 bits per heavy atom. The van der Waals surface area contributed by atoms with Crippen LogP contribution < -0.4 is 10.0 Å². The van der Waals surface area contributed by atoms with Gasteiger partial charge >= 0.3 is 0 Å². The molecule has 0 saturated heterocycles. The molecule has 7 heteroatoms. The summed E-state index contributed by atoms with van der Waals surface area (Å²) in [5.41, 5.74) is 0.900. The third kappa shape index (κ3) is 7.23. The number of hydrogen-bond acceptors (Lipinski definition) is 3. The summed E-state index contributed by atoms with van der Waals surface area (Å²) in [6.07, 6.45) is 3.26. The first-order chi connectivity index (χ1) is 12.9. The Morgan fingerprint density at radius 3 is 2.33 bits per heavy atom. The molecule has 0 bridgehead atoms. The van der Waals surface area contributed by atoms with Crippen LogP contribution in [-0.4, -0.2) is 26.9 Å². The van der Waals surface area contributed by atoms with E-state index < -0.39 is 16.1 Å². The predicted octanol–water partition coefficient (Wildman–Crippen LogP) is 3.49. The predicted molar refractivity (Wildman–Crippen MR) is 116 cm³/mol. The van der Waals surface area contributed by atoms with E-state index in [-0.39, 0.29) is 10.8 Å². The fourth-order valence-corrected chi connectivity index (χ4v) is 4.17. The monoisotopic (exact) mass is 500 g/mol. The van der Waals surface area contributed by atoms with Gasteiger partial charge in [-0.15, -0.1) is 0 Å². The molecule has 1 atom stereocenters. The molecule has 2 rings (SSSR count). The Labute approximate surface area is 175 Å². The van der Waals surface area contributed by atoms with E-state index in [0.717, 1.165) is 28.4 Å². The highest BCUT2D eigenvalue weighted by Crippen LogP contribution is 2.14. The van der Waals surface area contributed by atoms with Crippen LogP contribution in [0.4, 0.5) is 0 Å². The van der Waals surface area contributed by atoms with Crippen molar-refractivity contribution in [2.45, 2.75) is 43.5 Å². The standard InChI is InChI=1S/C20H25IN2O3S/c1-2-3-7-14-22-20(24)19(15-16-8-5-4-6-9-16)23-27(25,26)18-12-10-17(21)11-13-18/h4-6,8-13,19,23H,2-3,7,14-15H2,1H3,(H,22,24)/t19-/m1/s1. The lowest BCUT2D eigenvalue weighted by atomic mass is 10.1. The molecule has 2 aromatic carbocycles. The molecule has 0 unspecified atom stereocenters. The lowest BCUT2D eigenvalue weighted by Crippen LogP contribution is -2.48. The van der Waals surface area contributed by atoms with E-state index in [4.69, 9.17) is 0 Å². The molecular weight excluding hydrogens is 475 g/mol. The average Bonchev–Trinajstić information content (AvgIpc) is 2.65. The third-order valence-corrected chi connectivity index (χ3v) is 6.31. The number of benzene rings is 2. The molecule has 27 heavy (non-hydrogen) atoms. The second-order valence-electron chi connectivity index (χ2n) is 6.32. The summed E-state index contributed by atoms with van der Waals surface area (Å²) in [5.74, 6) is -0.302. The second kappa shape index (κ2) is 10.8. The lowest BCUT2D eigenvalue weighted by Gasteiger charge is -2.19. The van der Waals surface area contributed by atoms with E-state index in [0.29, 0.717) is 13.0 Å². The first-order valence-corrected chi connectivity index (χ1v) is 11.6. The van der Waals surface area contributed by atoms with Crippen LogP contribution in [0.1, 0.15) is 31.7 Å². The summed E-state index contributed by atoms with van der Waals surface area (Å²) in [7, 11) is -3.79. The number of halogens is 1. The van der Waals surface area contributed by atoms with Crippen LogP contribution in [0.3, 0.4) is 0 Å². The summed E-state index contributed by atoms with van der Waals surface area (Å²) in [4.78, 5) is 12.8. The van der Waals surface area contributed by atoms with Gasteiger partial charge in [0.05, 0.1) is 4.90 Å². The lowest BCUT2D eigenvalue weighted by molar-refractivity contribution is -0.122. The fourth-order valence-electron chi connectivity index (χ4n) is 2.62. The van der Waals surface area contributed by atoms with Crippen molar-refractivity contribution in [1.29, 1.82) is 0 Å². The molecule has 0 saturated carbocycles. The van der Waals surface area contributed by atoms with Crippen LogP contribution >= 0.6 is 22.6 Å². The zero-order chi connectivity index (χ0) is 19.7. The van der Waals surface area contributed by atoms with Crippen LogP contribution in [0.15, 0.2) is 59.5 Å². The normalized spacial score (nSPS) is 12.5. The van der Waals surface area contributed by atoms with Crippen molar-refractivity contribution < 1.29 is 13.2 Å². The van der Waals surface area contributed by atoms with Gasteiger partial charge in [-0.05, 0) is 65.3 Å². The number of hydrogen-bond donors (Lipinski definition) is 2. The van der Waals surface area contributed by atoms with Gasteiger partial charge in [0.15, 0.2) is 0 Å². The van der Waals surface area contributed by atoms with Crippen molar-refractivity contribution in [1.82, 2.24) is 10.0 Å². The molecule has 0 heterocycles. The molecule has 2 aromatic rings. The molecule has 1 amide bonds. The van der Waals surface area contributed by atoms with Crippen molar-refractivity contribution in [3.8, 4) is 0 Å². The number of rotatable bonds is 10. The topological polar surface area (TPSA) is 75.3 Å². The van der Waals surface area contributed by atoms with E-state index in [1.54, 1.807) is 24.3 Å².